The number of aromatic nitrogens is 2. The number of H-pyrrole nitrogens is 1. The Hall–Kier alpha value is -3.06. The Labute approximate surface area is 183 Å². The summed E-state index contributed by atoms with van der Waals surface area (Å²) in [5.41, 5.74) is 2.96. The molecule has 0 spiro atoms. The minimum Gasteiger partial charge on any atom is -0.497 e. The van der Waals surface area contributed by atoms with E-state index in [1.54, 1.807) is 7.11 Å². The Kier molecular flexibility index (Phi) is 7.04. The zero-order valence-electron chi connectivity index (χ0n) is 18.0. The number of methoxy groups -OCH3 is 1. The summed E-state index contributed by atoms with van der Waals surface area (Å²) in [5.74, 6) is 2.25. The van der Waals surface area contributed by atoms with Crippen LogP contribution in [0.25, 0.3) is 11.0 Å². The quantitative estimate of drug-likeness (QED) is 0.448. The number of hydrogen-bond acceptors (Lipinski definition) is 4. The van der Waals surface area contributed by atoms with Crippen LogP contribution in [-0.4, -0.2) is 42.7 Å². The second-order valence-electron chi connectivity index (χ2n) is 8.13. The molecule has 2 heterocycles. The lowest BCUT2D eigenvalue weighted by atomic mass is 9.95. The molecule has 0 bridgehead atoms. The van der Waals surface area contributed by atoms with E-state index in [4.69, 9.17) is 9.72 Å². The molecule has 0 aliphatic carbocycles. The van der Waals surface area contributed by atoms with Crippen molar-refractivity contribution >= 4 is 17.1 Å². The molecule has 2 amide bonds. The average Bonchev–Trinajstić information content (AvgIpc) is 3.24. The number of nitrogens with one attached hydrogen (secondary N) is 4. The van der Waals surface area contributed by atoms with Crippen molar-refractivity contribution in [1.29, 1.82) is 0 Å². The zero-order valence-corrected chi connectivity index (χ0v) is 18.0. The standard InChI is InChI=1S/C24H31N5O2/c1-31-19-8-6-18(7-9-19)16-22(23-27-20-4-2-3-5-21(20)28-23)29-24(30)26-15-12-17-10-13-25-14-11-17/h2-9,17,22,25H,10-16H2,1H3,(H,27,28)(H2,26,29,30)/t22-/m1/s1. The number of aromatic amines is 1. The van der Waals surface area contributed by atoms with Gasteiger partial charge in [0.15, 0.2) is 0 Å². The highest BCUT2D eigenvalue weighted by atomic mass is 16.5. The van der Waals surface area contributed by atoms with Gasteiger partial charge in [-0.2, -0.15) is 0 Å². The highest BCUT2D eigenvalue weighted by molar-refractivity contribution is 5.76. The maximum Gasteiger partial charge on any atom is 0.315 e. The van der Waals surface area contributed by atoms with Crippen LogP contribution in [0.2, 0.25) is 0 Å². The van der Waals surface area contributed by atoms with Gasteiger partial charge < -0.3 is 25.7 Å². The topological polar surface area (TPSA) is 91.1 Å². The third kappa shape index (κ3) is 5.76. The third-order valence-corrected chi connectivity index (χ3v) is 5.94. The first kappa shape index (κ1) is 21.2. The highest BCUT2D eigenvalue weighted by Crippen LogP contribution is 2.21. The van der Waals surface area contributed by atoms with Gasteiger partial charge in [0, 0.05) is 6.54 Å². The van der Waals surface area contributed by atoms with Crippen LogP contribution in [0.15, 0.2) is 48.5 Å². The molecule has 3 aromatic rings. The smallest absolute Gasteiger partial charge is 0.315 e. The van der Waals surface area contributed by atoms with Gasteiger partial charge in [0.25, 0.3) is 0 Å². The number of benzene rings is 2. The van der Waals surface area contributed by atoms with Crippen LogP contribution in [0.1, 0.15) is 36.7 Å². The van der Waals surface area contributed by atoms with Crippen LogP contribution in [0.3, 0.4) is 0 Å². The van der Waals surface area contributed by atoms with E-state index >= 15 is 0 Å². The SMILES string of the molecule is COc1ccc(C[C@@H](NC(=O)NCCC2CCNCC2)c2nc3ccccc3[nH]2)cc1. The molecule has 0 saturated carbocycles. The summed E-state index contributed by atoms with van der Waals surface area (Å²) in [7, 11) is 1.65. The minimum atomic E-state index is -0.264. The molecular formula is C24H31N5O2. The number of nitrogens with zero attached hydrogens (tertiary/aromatic N) is 1. The normalized spacial score (nSPS) is 15.5. The molecule has 4 rings (SSSR count). The number of fused-ring (bicyclic) bond motifs is 1. The number of rotatable bonds is 8. The maximum absolute atomic E-state index is 12.7. The van der Waals surface area contributed by atoms with Gasteiger partial charge >= 0.3 is 6.03 Å². The van der Waals surface area contributed by atoms with Crippen molar-refractivity contribution in [3.8, 4) is 5.75 Å². The van der Waals surface area contributed by atoms with Crippen molar-refractivity contribution in [1.82, 2.24) is 25.9 Å². The number of para-hydroxylation sites is 2. The summed E-state index contributed by atoms with van der Waals surface area (Å²) in [4.78, 5) is 20.8. The van der Waals surface area contributed by atoms with Gasteiger partial charge in [0.1, 0.15) is 11.6 Å². The summed E-state index contributed by atoms with van der Waals surface area (Å²) in [6.45, 7) is 2.84. The molecule has 1 fully saturated rings. The Balaban J connectivity index is 1.42. The number of imidazole rings is 1. The molecule has 1 aliphatic heterocycles. The molecule has 7 heteroatoms. The molecule has 4 N–H and O–H groups in total. The lowest BCUT2D eigenvalue weighted by Gasteiger charge is -2.23. The number of hydrogen-bond donors (Lipinski definition) is 4. The van der Waals surface area contributed by atoms with Crippen molar-refractivity contribution in [3.63, 3.8) is 0 Å². The van der Waals surface area contributed by atoms with Gasteiger partial charge in [-0.25, -0.2) is 9.78 Å². The van der Waals surface area contributed by atoms with E-state index in [0.717, 1.165) is 47.7 Å². The van der Waals surface area contributed by atoms with Gasteiger partial charge in [-0.3, -0.25) is 0 Å². The first-order chi connectivity index (χ1) is 15.2. The fourth-order valence-electron chi connectivity index (χ4n) is 4.12. The number of piperidine rings is 1. The number of ether oxygens (including phenoxy) is 1. The average molecular weight is 422 g/mol. The molecule has 164 valence electrons. The van der Waals surface area contributed by atoms with E-state index in [1.165, 1.54) is 12.8 Å². The van der Waals surface area contributed by atoms with Crippen LogP contribution in [0.5, 0.6) is 5.75 Å². The molecule has 31 heavy (non-hydrogen) atoms. The molecule has 2 aromatic carbocycles. The maximum atomic E-state index is 12.7. The molecule has 0 unspecified atom stereocenters. The number of carbonyl (C=O) groups excluding carboxylic acids is 1. The summed E-state index contributed by atoms with van der Waals surface area (Å²) < 4.78 is 5.26. The fraction of sp³-hybridized carbons (Fsp3) is 0.417. The van der Waals surface area contributed by atoms with Crippen molar-refractivity contribution in [2.45, 2.75) is 31.7 Å². The van der Waals surface area contributed by atoms with E-state index in [1.807, 2.05) is 48.5 Å². The Morgan fingerprint density at radius 2 is 1.94 bits per heavy atom. The van der Waals surface area contributed by atoms with Gasteiger partial charge in [-0.05, 0) is 74.5 Å². The minimum absolute atomic E-state index is 0.159. The van der Waals surface area contributed by atoms with Gasteiger partial charge in [0.2, 0.25) is 0 Å². The lowest BCUT2D eigenvalue weighted by Crippen LogP contribution is -2.40. The van der Waals surface area contributed by atoms with Crippen LogP contribution in [0.4, 0.5) is 4.79 Å². The summed E-state index contributed by atoms with van der Waals surface area (Å²) in [6, 6.07) is 15.4. The van der Waals surface area contributed by atoms with E-state index in [2.05, 4.69) is 20.9 Å². The largest absolute Gasteiger partial charge is 0.497 e. The van der Waals surface area contributed by atoms with E-state index in [9.17, 15) is 4.79 Å². The first-order valence-electron chi connectivity index (χ1n) is 11.0. The van der Waals surface area contributed by atoms with E-state index in [-0.39, 0.29) is 12.1 Å². The van der Waals surface area contributed by atoms with Crippen molar-refractivity contribution < 1.29 is 9.53 Å². The molecule has 1 aromatic heterocycles. The predicted octanol–water partition coefficient (Wildman–Crippen LogP) is 3.54. The monoisotopic (exact) mass is 421 g/mol. The van der Waals surface area contributed by atoms with Gasteiger partial charge in [-0.15, -0.1) is 0 Å². The Morgan fingerprint density at radius 1 is 1.16 bits per heavy atom. The second kappa shape index (κ2) is 10.3. The van der Waals surface area contributed by atoms with E-state index in [0.29, 0.717) is 18.9 Å². The molecule has 7 nitrogen and oxygen atoms in total. The summed E-state index contributed by atoms with van der Waals surface area (Å²) in [5, 5.41) is 9.54. The number of amides is 2. The summed E-state index contributed by atoms with van der Waals surface area (Å²) >= 11 is 0. The molecule has 0 radical (unpaired) electrons. The highest BCUT2D eigenvalue weighted by Gasteiger charge is 2.20. The van der Waals surface area contributed by atoms with Gasteiger partial charge in [-0.1, -0.05) is 24.3 Å². The Morgan fingerprint density at radius 3 is 2.68 bits per heavy atom. The summed E-state index contributed by atoms with van der Waals surface area (Å²) in [6.07, 6.45) is 4.01. The van der Waals surface area contributed by atoms with Crippen molar-refractivity contribution in [2.24, 2.45) is 5.92 Å². The molecule has 1 atom stereocenters. The Bertz CT molecular complexity index is 946. The number of carbonyl (C=O) groups is 1. The van der Waals surface area contributed by atoms with Gasteiger partial charge in [0.05, 0.1) is 24.2 Å². The molecule has 1 aliphatic rings. The first-order valence-corrected chi connectivity index (χ1v) is 11.0. The predicted molar refractivity (Wildman–Crippen MR) is 122 cm³/mol. The lowest BCUT2D eigenvalue weighted by molar-refractivity contribution is 0.234. The fourth-order valence-corrected chi connectivity index (χ4v) is 4.12. The van der Waals surface area contributed by atoms with Crippen LogP contribution >= 0.6 is 0 Å². The van der Waals surface area contributed by atoms with Crippen LogP contribution in [-0.2, 0) is 6.42 Å². The van der Waals surface area contributed by atoms with Crippen LogP contribution in [0, 0.1) is 5.92 Å². The zero-order chi connectivity index (χ0) is 21.5. The second-order valence-corrected chi connectivity index (χ2v) is 8.13. The van der Waals surface area contributed by atoms with Crippen molar-refractivity contribution in [3.05, 3.63) is 59.9 Å². The van der Waals surface area contributed by atoms with E-state index < -0.39 is 0 Å². The third-order valence-electron chi connectivity index (χ3n) is 5.94. The molecular weight excluding hydrogens is 390 g/mol. The number of urea groups is 1. The molecule has 1 saturated heterocycles. The van der Waals surface area contributed by atoms with Crippen molar-refractivity contribution in [2.75, 3.05) is 26.7 Å². The van der Waals surface area contributed by atoms with Crippen LogP contribution < -0.4 is 20.7 Å².